The molecule has 0 radical (unpaired) electrons. The minimum atomic E-state index is -3.97. The predicted octanol–water partition coefficient (Wildman–Crippen LogP) is 3.52. The van der Waals surface area contributed by atoms with Gasteiger partial charge in [0.25, 0.3) is 10.0 Å². The molecule has 0 saturated carbocycles. The van der Waals surface area contributed by atoms with Crippen LogP contribution in [0.15, 0.2) is 77.0 Å². The molecule has 2 aromatic carbocycles. The maximum Gasteiger partial charge on any atom is 0.267 e. The van der Waals surface area contributed by atoms with Crippen molar-refractivity contribution in [1.82, 2.24) is 15.4 Å². The highest BCUT2D eigenvalue weighted by Crippen LogP contribution is 2.26. The summed E-state index contributed by atoms with van der Waals surface area (Å²) < 4.78 is 34.2. The zero-order valence-electron chi connectivity index (χ0n) is 19.2. The van der Waals surface area contributed by atoms with Gasteiger partial charge in [-0.25, -0.2) is 8.42 Å². The second-order valence-electron chi connectivity index (χ2n) is 7.44. The lowest BCUT2D eigenvalue weighted by atomic mass is 10.1. The van der Waals surface area contributed by atoms with Gasteiger partial charge in [0.1, 0.15) is 10.6 Å². The molecule has 0 aliphatic carbocycles. The first kappa shape index (κ1) is 26.4. The molecular formula is C25H27N3O4S3. The van der Waals surface area contributed by atoms with Crippen molar-refractivity contribution in [3.8, 4) is 5.75 Å². The molecule has 3 N–H and O–H groups in total. The monoisotopic (exact) mass is 529 g/mol. The summed E-state index contributed by atoms with van der Waals surface area (Å²) in [6, 6.07) is 18.6. The van der Waals surface area contributed by atoms with E-state index < -0.39 is 10.0 Å². The fourth-order valence-electron chi connectivity index (χ4n) is 3.12. The zero-order chi connectivity index (χ0) is 25.1. The third kappa shape index (κ3) is 8.50. The number of nitrogens with one attached hydrogen (secondary N) is 3. The smallest absolute Gasteiger partial charge is 0.267 e. The fourth-order valence-corrected chi connectivity index (χ4v) is 5.22. The largest absolute Gasteiger partial charge is 0.492 e. The summed E-state index contributed by atoms with van der Waals surface area (Å²) >= 11 is 6.53. The Balaban J connectivity index is 1.67. The van der Waals surface area contributed by atoms with E-state index in [0.717, 1.165) is 16.0 Å². The van der Waals surface area contributed by atoms with Crippen LogP contribution in [0.2, 0.25) is 0 Å². The Bertz CT molecular complexity index is 1260. The van der Waals surface area contributed by atoms with Crippen molar-refractivity contribution in [2.75, 3.05) is 20.2 Å². The highest BCUT2D eigenvalue weighted by molar-refractivity contribution is 7.92. The Morgan fingerprint density at radius 1 is 1.06 bits per heavy atom. The first-order valence-corrected chi connectivity index (χ1v) is 13.7. The van der Waals surface area contributed by atoms with E-state index in [9.17, 15) is 13.2 Å². The quantitative estimate of drug-likeness (QED) is 0.260. The van der Waals surface area contributed by atoms with E-state index in [1.807, 2.05) is 47.8 Å². The molecule has 10 heteroatoms. The van der Waals surface area contributed by atoms with Gasteiger partial charge in [0, 0.05) is 31.0 Å². The number of benzene rings is 2. The van der Waals surface area contributed by atoms with E-state index in [1.165, 1.54) is 13.1 Å². The van der Waals surface area contributed by atoms with Crippen LogP contribution in [0.25, 0.3) is 6.08 Å². The van der Waals surface area contributed by atoms with Gasteiger partial charge in [0.2, 0.25) is 5.91 Å². The van der Waals surface area contributed by atoms with Gasteiger partial charge >= 0.3 is 0 Å². The number of thiocarbonyl (C=S) groups is 1. The topological polar surface area (TPSA) is 96.5 Å². The average molecular weight is 530 g/mol. The molecule has 0 fully saturated rings. The van der Waals surface area contributed by atoms with Crippen LogP contribution in [0.4, 0.5) is 0 Å². The molecule has 1 amide bonds. The van der Waals surface area contributed by atoms with Gasteiger partial charge in [0.05, 0.1) is 6.61 Å². The van der Waals surface area contributed by atoms with Gasteiger partial charge in [-0.05, 0) is 59.4 Å². The molecule has 0 aliphatic heterocycles. The number of sulfonamides is 1. The SMILES string of the molecule is CNC(=S)NS(=O)(=O)c1cc(CCNC(=O)C=Cc2cccs2)ccc1OCCc1ccccc1. The zero-order valence-corrected chi connectivity index (χ0v) is 21.6. The van der Waals surface area contributed by atoms with Gasteiger partial charge in [-0.1, -0.05) is 42.5 Å². The molecule has 1 heterocycles. The summed E-state index contributed by atoms with van der Waals surface area (Å²) in [5.41, 5.74) is 1.82. The van der Waals surface area contributed by atoms with Gasteiger partial charge in [-0.2, -0.15) is 0 Å². The third-order valence-electron chi connectivity index (χ3n) is 4.90. The highest BCUT2D eigenvalue weighted by atomic mass is 32.2. The van der Waals surface area contributed by atoms with Crippen LogP contribution >= 0.6 is 23.6 Å². The van der Waals surface area contributed by atoms with Gasteiger partial charge in [-0.3, -0.25) is 9.52 Å². The maximum absolute atomic E-state index is 13.0. The van der Waals surface area contributed by atoms with E-state index in [-0.39, 0.29) is 21.7 Å². The Kier molecular flexibility index (Phi) is 9.83. The van der Waals surface area contributed by atoms with Crippen molar-refractivity contribution in [3.05, 3.63) is 88.1 Å². The minimum Gasteiger partial charge on any atom is -0.492 e. The van der Waals surface area contributed by atoms with Crippen LogP contribution in [0.5, 0.6) is 5.75 Å². The van der Waals surface area contributed by atoms with E-state index in [0.29, 0.717) is 26.0 Å². The maximum atomic E-state index is 13.0. The molecule has 35 heavy (non-hydrogen) atoms. The van der Waals surface area contributed by atoms with Crippen LogP contribution in [0, 0.1) is 0 Å². The number of amides is 1. The minimum absolute atomic E-state index is 0.00965. The van der Waals surface area contributed by atoms with Crippen LogP contribution in [0.3, 0.4) is 0 Å². The van der Waals surface area contributed by atoms with Crippen LogP contribution in [-0.4, -0.2) is 39.6 Å². The van der Waals surface area contributed by atoms with E-state index >= 15 is 0 Å². The third-order valence-corrected chi connectivity index (χ3v) is 7.54. The molecule has 0 aliphatic rings. The Morgan fingerprint density at radius 2 is 1.86 bits per heavy atom. The Hall–Kier alpha value is -3.21. The summed E-state index contributed by atoms with van der Waals surface area (Å²) in [6.45, 7) is 0.665. The molecule has 0 bridgehead atoms. The van der Waals surface area contributed by atoms with Crippen molar-refractivity contribution < 1.29 is 17.9 Å². The number of hydrogen-bond donors (Lipinski definition) is 3. The lowest BCUT2D eigenvalue weighted by molar-refractivity contribution is -0.116. The predicted molar refractivity (Wildman–Crippen MR) is 144 cm³/mol. The fraction of sp³-hybridized carbons (Fsp3) is 0.200. The van der Waals surface area contributed by atoms with Crippen molar-refractivity contribution in [2.45, 2.75) is 17.7 Å². The van der Waals surface area contributed by atoms with Gasteiger partial charge in [-0.15, -0.1) is 11.3 Å². The average Bonchev–Trinajstić information content (AvgIpc) is 3.37. The second kappa shape index (κ2) is 13.0. The Labute approximate surface area is 215 Å². The summed E-state index contributed by atoms with van der Waals surface area (Å²) in [4.78, 5) is 13.0. The van der Waals surface area contributed by atoms with E-state index in [1.54, 1.807) is 35.6 Å². The molecule has 0 unspecified atom stereocenters. The molecule has 0 spiro atoms. The van der Waals surface area contributed by atoms with Crippen molar-refractivity contribution in [1.29, 1.82) is 0 Å². The molecular weight excluding hydrogens is 502 g/mol. The first-order valence-electron chi connectivity index (χ1n) is 10.9. The van der Waals surface area contributed by atoms with Crippen molar-refractivity contribution >= 4 is 50.7 Å². The molecule has 7 nitrogen and oxygen atoms in total. The molecule has 3 rings (SSSR count). The standard InChI is InChI=1S/C25H27N3O4S3/c1-26-25(33)28-35(30,31)23-18-20(13-15-27-24(29)12-10-21-8-5-17-34-21)9-11-22(23)32-16-14-19-6-3-2-4-7-19/h2-12,17-18H,13-16H2,1H3,(H,27,29)(H2,26,28,33). The highest BCUT2D eigenvalue weighted by Gasteiger charge is 2.21. The van der Waals surface area contributed by atoms with Crippen molar-refractivity contribution in [2.24, 2.45) is 0 Å². The number of carbonyl (C=O) groups is 1. The normalized spacial score (nSPS) is 11.2. The molecule has 1 aromatic heterocycles. The summed E-state index contributed by atoms with van der Waals surface area (Å²) in [5.74, 6) is 0.0205. The second-order valence-corrected chi connectivity index (χ2v) is 10.5. The van der Waals surface area contributed by atoms with Gasteiger partial charge in [0.15, 0.2) is 5.11 Å². The number of carbonyl (C=O) groups excluding carboxylic acids is 1. The molecule has 0 atom stereocenters. The number of hydrogen-bond acceptors (Lipinski definition) is 6. The molecule has 3 aromatic rings. The van der Waals surface area contributed by atoms with Gasteiger partial charge < -0.3 is 15.4 Å². The number of rotatable bonds is 11. The first-order chi connectivity index (χ1) is 16.9. The Morgan fingerprint density at radius 3 is 2.57 bits per heavy atom. The lowest BCUT2D eigenvalue weighted by Crippen LogP contribution is -2.37. The summed E-state index contributed by atoms with van der Waals surface area (Å²) in [5, 5.41) is 7.34. The lowest BCUT2D eigenvalue weighted by Gasteiger charge is -2.15. The summed E-state index contributed by atoms with van der Waals surface area (Å²) in [6.07, 6.45) is 4.31. The number of ether oxygens (including phenoxy) is 1. The van der Waals surface area contributed by atoms with Crippen LogP contribution in [0.1, 0.15) is 16.0 Å². The van der Waals surface area contributed by atoms with E-state index in [2.05, 4.69) is 15.4 Å². The van der Waals surface area contributed by atoms with Crippen LogP contribution < -0.4 is 20.1 Å². The van der Waals surface area contributed by atoms with Crippen molar-refractivity contribution in [3.63, 3.8) is 0 Å². The van der Waals surface area contributed by atoms with Crippen LogP contribution in [-0.2, 0) is 27.7 Å². The number of thiophene rings is 1. The molecule has 184 valence electrons. The van der Waals surface area contributed by atoms with E-state index in [4.69, 9.17) is 17.0 Å². The molecule has 0 saturated heterocycles. The summed E-state index contributed by atoms with van der Waals surface area (Å²) in [7, 11) is -2.44.